The maximum atomic E-state index is 12.4. The van der Waals surface area contributed by atoms with Gasteiger partial charge in [0.25, 0.3) is 0 Å². The quantitative estimate of drug-likeness (QED) is 0.881. The monoisotopic (exact) mass is 323 g/mol. The zero-order valence-corrected chi connectivity index (χ0v) is 12.0. The highest BCUT2D eigenvalue weighted by Crippen LogP contribution is 2.31. The molecule has 0 saturated carbocycles. The van der Waals surface area contributed by atoms with E-state index in [2.05, 4.69) is 10.3 Å². The molecule has 0 aromatic carbocycles. The summed E-state index contributed by atoms with van der Waals surface area (Å²) in [4.78, 5) is 15.7. The van der Waals surface area contributed by atoms with Crippen LogP contribution in [0.4, 0.5) is 13.2 Å². The van der Waals surface area contributed by atoms with E-state index in [4.69, 9.17) is 10.5 Å². The van der Waals surface area contributed by atoms with E-state index in [0.717, 1.165) is 16.7 Å². The highest BCUT2D eigenvalue weighted by Gasteiger charge is 2.39. The van der Waals surface area contributed by atoms with E-state index in [9.17, 15) is 18.0 Å². The summed E-state index contributed by atoms with van der Waals surface area (Å²) in [6.07, 6.45) is -3.43. The topological polar surface area (TPSA) is 77.2 Å². The Morgan fingerprint density at radius 3 is 2.67 bits per heavy atom. The Hall–Kier alpha value is -1.19. The molecule has 5 nitrogen and oxygen atoms in total. The molecular formula is C12H16F3N3O2S. The van der Waals surface area contributed by atoms with Crippen molar-refractivity contribution in [3.8, 4) is 0 Å². The lowest BCUT2D eigenvalue weighted by atomic mass is 9.79. The van der Waals surface area contributed by atoms with Crippen LogP contribution in [0.1, 0.15) is 23.5 Å². The summed E-state index contributed by atoms with van der Waals surface area (Å²) in [5.74, 6) is -0.253. The molecule has 1 fully saturated rings. The Morgan fingerprint density at radius 1 is 1.48 bits per heavy atom. The van der Waals surface area contributed by atoms with Gasteiger partial charge in [0, 0.05) is 25.1 Å². The van der Waals surface area contributed by atoms with Gasteiger partial charge in [-0.15, -0.1) is 11.3 Å². The van der Waals surface area contributed by atoms with Crippen molar-refractivity contribution in [2.45, 2.75) is 25.6 Å². The molecule has 1 aliphatic rings. The normalized spacial score (nSPS) is 18.5. The number of nitrogens with zero attached hydrogens (tertiary/aromatic N) is 1. The van der Waals surface area contributed by atoms with Gasteiger partial charge in [0.2, 0.25) is 5.91 Å². The molecule has 0 atom stereocenters. The van der Waals surface area contributed by atoms with Crippen LogP contribution >= 0.6 is 11.3 Å². The molecule has 0 unspecified atom stereocenters. The molecule has 0 aliphatic carbocycles. The molecule has 1 saturated heterocycles. The lowest BCUT2D eigenvalue weighted by molar-refractivity contribution is -0.140. The average molecular weight is 323 g/mol. The van der Waals surface area contributed by atoms with Gasteiger partial charge < -0.3 is 15.8 Å². The molecule has 9 heteroatoms. The third kappa shape index (κ3) is 3.72. The van der Waals surface area contributed by atoms with E-state index in [1.807, 2.05) is 0 Å². The van der Waals surface area contributed by atoms with E-state index in [1.54, 1.807) is 0 Å². The Morgan fingerprint density at radius 2 is 2.14 bits per heavy atom. The fourth-order valence-corrected chi connectivity index (χ4v) is 2.89. The zero-order chi connectivity index (χ0) is 15.5. The van der Waals surface area contributed by atoms with Crippen LogP contribution in [0.2, 0.25) is 0 Å². The number of alkyl halides is 3. The number of hydrogen-bond donors (Lipinski definition) is 2. The van der Waals surface area contributed by atoms with Crippen LogP contribution in [0.15, 0.2) is 5.38 Å². The largest absolute Gasteiger partial charge is 0.434 e. The first-order valence-corrected chi connectivity index (χ1v) is 7.33. The molecule has 2 rings (SSSR count). The van der Waals surface area contributed by atoms with Crippen LogP contribution in [0, 0.1) is 5.41 Å². The van der Waals surface area contributed by atoms with Gasteiger partial charge in [0.05, 0.1) is 12.0 Å². The van der Waals surface area contributed by atoms with Gasteiger partial charge in [-0.05, 0) is 12.8 Å². The fourth-order valence-electron chi connectivity index (χ4n) is 2.15. The highest BCUT2D eigenvalue weighted by atomic mass is 32.1. The predicted molar refractivity (Wildman–Crippen MR) is 70.5 cm³/mol. The Labute approximate surface area is 123 Å². The molecule has 2 heterocycles. The Kier molecular flexibility index (Phi) is 4.84. The molecule has 1 aliphatic heterocycles. The molecule has 21 heavy (non-hydrogen) atoms. The first-order chi connectivity index (χ1) is 9.87. The number of nitrogens with one attached hydrogen (secondary N) is 1. The third-order valence-corrected chi connectivity index (χ3v) is 4.41. The Bertz CT molecular complexity index is 498. The second-order valence-electron chi connectivity index (χ2n) is 4.90. The summed E-state index contributed by atoms with van der Waals surface area (Å²) in [6.45, 7) is 1.08. The molecule has 0 spiro atoms. The smallest absolute Gasteiger partial charge is 0.381 e. The second-order valence-corrected chi connectivity index (χ2v) is 5.85. The highest BCUT2D eigenvalue weighted by molar-refractivity contribution is 7.09. The van der Waals surface area contributed by atoms with Crippen LogP contribution in [-0.4, -0.2) is 30.6 Å². The van der Waals surface area contributed by atoms with Crippen LogP contribution in [0.3, 0.4) is 0 Å². The van der Waals surface area contributed by atoms with Crippen LogP contribution in [-0.2, 0) is 22.3 Å². The summed E-state index contributed by atoms with van der Waals surface area (Å²) in [6, 6.07) is 0. The van der Waals surface area contributed by atoms with Gasteiger partial charge in [-0.3, -0.25) is 4.79 Å². The Balaban J connectivity index is 1.95. The standard InChI is InChI=1S/C12H16F3N3O2S/c13-12(14,15)8-6-21-9(18-8)5-17-10(19)11(7-16)1-3-20-4-2-11/h6H,1-5,7,16H2,(H,17,19). The molecule has 1 aromatic rings. The van der Waals surface area contributed by atoms with Crippen LogP contribution in [0.25, 0.3) is 0 Å². The number of carbonyl (C=O) groups is 1. The van der Waals surface area contributed by atoms with Crippen molar-refractivity contribution >= 4 is 17.2 Å². The number of nitrogens with two attached hydrogens (primary N) is 1. The first-order valence-electron chi connectivity index (χ1n) is 6.45. The third-order valence-electron chi connectivity index (χ3n) is 3.56. The minimum absolute atomic E-state index is 0.0256. The number of hydrogen-bond acceptors (Lipinski definition) is 5. The van der Waals surface area contributed by atoms with Crippen molar-refractivity contribution in [3.63, 3.8) is 0 Å². The number of ether oxygens (including phenoxy) is 1. The van der Waals surface area contributed by atoms with Crippen molar-refractivity contribution in [3.05, 3.63) is 16.1 Å². The van der Waals surface area contributed by atoms with Gasteiger partial charge in [0.15, 0.2) is 5.69 Å². The van der Waals surface area contributed by atoms with Crippen molar-refractivity contribution in [2.24, 2.45) is 11.1 Å². The van der Waals surface area contributed by atoms with Crippen LogP contribution in [0.5, 0.6) is 0 Å². The van der Waals surface area contributed by atoms with Gasteiger partial charge in [-0.1, -0.05) is 0 Å². The summed E-state index contributed by atoms with van der Waals surface area (Å²) in [5, 5.41) is 3.79. The summed E-state index contributed by atoms with van der Waals surface area (Å²) >= 11 is 0.870. The molecule has 0 radical (unpaired) electrons. The van der Waals surface area contributed by atoms with Crippen molar-refractivity contribution in [2.75, 3.05) is 19.8 Å². The fraction of sp³-hybridized carbons (Fsp3) is 0.667. The zero-order valence-electron chi connectivity index (χ0n) is 11.2. The minimum atomic E-state index is -4.46. The second kappa shape index (κ2) is 6.29. The van der Waals surface area contributed by atoms with Crippen LogP contribution < -0.4 is 11.1 Å². The number of halogens is 3. The summed E-state index contributed by atoms with van der Waals surface area (Å²) < 4.78 is 42.5. The van der Waals surface area contributed by atoms with E-state index < -0.39 is 17.3 Å². The number of rotatable bonds is 4. The van der Waals surface area contributed by atoms with E-state index in [-0.39, 0.29) is 24.0 Å². The van der Waals surface area contributed by atoms with E-state index >= 15 is 0 Å². The van der Waals surface area contributed by atoms with E-state index in [0.29, 0.717) is 26.1 Å². The van der Waals surface area contributed by atoms with Crippen molar-refractivity contribution in [1.29, 1.82) is 0 Å². The molecule has 1 amide bonds. The molecule has 3 N–H and O–H groups in total. The maximum Gasteiger partial charge on any atom is 0.434 e. The van der Waals surface area contributed by atoms with Crippen molar-refractivity contribution in [1.82, 2.24) is 10.3 Å². The maximum absolute atomic E-state index is 12.4. The number of aromatic nitrogens is 1. The average Bonchev–Trinajstić information content (AvgIpc) is 2.94. The molecule has 0 bridgehead atoms. The predicted octanol–water partition coefficient (Wildman–Crippen LogP) is 1.53. The SMILES string of the molecule is NCC1(C(=O)NCc2nc(C(F)(F)F)cs2)CCOCC1. The lowest BCUT2D eigenvalue weighted by Gasteiger charge is -2.34. The number of thiazole rings is 1. The lowest BCUT2D eigenvalue weighted by Crippen LogP contribution is -2.48. The van der Waals surface area contributed by atoms with Gasteiger partial charge in [0.1, 0.15) is 5.01 Å². The number of carbonyl (C=O) groups excluding carboxylic acids is 1. The summed E-state index contributed by atoms with van der Waals surface area (Å²) in [5.41, 5.74) is 4.07. The van der Waals surface area contributed by atoms with Gasteiger partial charge in [-0.2, -0.15) is 13.2 Å². The van der Waals surface area contributed by atoms with Gasteiger partial charge in [-0.25, -0.2) is 4.98 Å². The molecule has 118 valence electrons. The van der Waals surface area contributed by atoms with E-state index in [1.165, 1.54) is 0 Å². The first kappa shape index (κ1) is 16.2. The number of amides is 1. The van der Waals surface area contributed by atoms with Crippen molar-refractivity contribution < 1.29 is 22.7 Å². The van der Waals surface area contributed by atoms with Gasteiger partial charge >= 0.3 is 6.18 Å². The molecular weight excluding hydrogens is 307 g/mol. The molecule has 1 aromatic heterocycles. The minimum Gasteiger partial charge on any atom is -0.381 e. The summed E-state index contributed by atoms with van der Waals surface area (Å²) in [7, 11) is 0.